The second-order valence-corrected chi connectivity index (χ2v) is 4.22. The summed E-state index contributed by atoms with van der Waals surface area (Å²) in [6, 6.07) is 9.97. The average molecular weight is 287 g/mol. The number of phenolic OH excluding ortho intramolecular Hbond substituents is 2. The van der Waals surface area contributed by atoms with Crippen LogP contribution in [-0.4, -0.2) is 27.2 Å². The number of carbonyl (C=O) groups is 1. The summed E-state index contributed by atoms with van der Waals surface area (Å²) in [6.07, 6.45) is 0. The fourth-order valence-electron chi connectivity index (χ4n) is 1.72. The van der Waals surface area contributed by atoms with Gasteiger partial charge in [0.1, 0.15) is 11.5 Å². The molecule has 2 aromatic rings. The second kappa shape index (κ2) is 5.83. The minimum Gasteiger partial charge on any atom is -0.508 e. The number of nitrogens with zero attached hydrogens (tertiary/aromatic N) is 1. The van der Waals surface area contributed by atoms with Crippen LogP contribution in [0.1, 0.15) is 15.9 Å². The first kappa shape index (κ1) is 14.2. The first-order chi connectivity index (χ1) is 10.0. The van der Waals surface area contributed by atoms with Gasteiger partial charge in [-0.3, -0.25) is 4.79 Å². The number of nitrogens with one attached hydrogen (secondary N) is 1. The summed E-state index contributed by atoms with van der Waals surface area (Å²) in [6.45, 7) is 0. The molecule has 0 aromatic heterocycles. The van der Waals surface area contributed by atoms with E-state index in [2.05, 4.69) is 10.5 Å². The Morgan fingerprint density at radius 1 is 1.14 bits per heavy atom. The van der Waals surface area contributed by atoms with Crippen LogP contribution in [-0.2, 0) is 0 Å². The summed E-state index contributed by atoms with van der Waals surface area (Å²) in [5.41, 5.74) is 6.22. The van der Waals surface area contributed by atoms with Crippen LogP contribution < -0.4 is 11.1 Å². The molecule has 0 fully saturated rings. The Morgan fingerprint density at radius 3 is 2.62 bits per heavy atom. The molecule has 21 heavy (non-hydrogen) atoms. The maximum Gasteiger partial charge on any atom is 0.259 e. The molecule has 7 nitrogen and oxygen atoms in total. The van der Waals surface area contributed by atoms with Crippen LogP contribution in [0.5, 0.6) is 11.5 Å². The lowest BCUT2D eigenvalue weighted by Gasteiger charge is -2.08. The Balaban J connectivity index is 2.26. The molecule has 2 aromatic carbocycles. The highest BCUT2D eigenvalue weighted by Gasteiger charge is 2.12. The molecule has 0 saturated carbocycles. The maximum absolute atomic E-state index is 12.0. The van der Waals surface area contributed by atoms with Crippen molar-refractivity contribution in [1.29, 1.82) is 0 Å². The zero-order valence-electron chi connectivity index (χ0n) is 10.8. The third-order valence-corrected chi connectivity index (χ3v) is 2.75. The molecule has 1 amide bonds. The number of rotatable bonds is 3. The average Bonchev–Trinajstić information content (AvgIpc) is 2.49. The number of nitrogens with two attached hydrogens (primary N) is 1. The van der Waals surface area contributed by atoms with Crippen LogP contribution in [0.3, 0.4) is 0 Å². The van der Waals surface area contributed by atoms with Gasteiger partial charge in [-0.2, -0.15) is 0 Å². The molecule has 0 heterocycles. The summed E-state index contributed by atoms with van der Waals surface area (Å²) in [7, 11) is 0. The van der Waals surface area contributed by atoms with E-state index in [1.165, 1.54) is 18.2 Å². The number of amides is 1. The predicted octanol–water partition coefficient (Wildman–Crippen LogP) is 1.44. The zero-order valence-corrected chi connectivity index (χ0v) is 10.8. The fourth-order valence-corrected chi connectivity index (χ4v) is 1.72. The summed E-state index contributed by atoms with van der Waals surface area (Å²) in [5, 5.41) is 33.0. The van der Waals surface area contributed by atoms with Crippen molar-refractivity contribution >= 4 is 17.4 Å². The lowest BCUT2D eigenvalue weighted by atomic mass is 10.1. The molecule has 0 radical (unpaired) electrons. The molecule has 0 saturated heterocycles. The number of anilines is 1. The summed E-state index contributed by atoms with van der Waals surface area (Å²) < 4.78 is 0. The molecule has 0 spiro atoms. The number of carbonyl (C=O) groups excluding carboxylic acids is 1. The van der Waals surface area contributed by atoms with Crippen LogP contribution in [0, 0.1) is 0 Å². The number of phenols is 2. The molecule has 7 heteroatoms. The zero-order chi connectivity index (χ0) is 15.4. The van der Waals surface area contributed by atoms with Gasteiger partial charge in [0.2, 0.25) is 0 Å². The topological polar surface area (TPSA) is 128 Å². The van der Waals surface area contributed by atoms with Crippen LogP contribution >= 0.6 is 0 Å². The molecule has 0 unspecified atom stereocenters. The third-order valence-electron chi connectivity index (χ3n) is 2.75. The van der Waals surface area contributed by atoms with Gasteiger partial charge in [0, 0.05) is 11.3 Å². The number of oxime groups is 1. The van der Waals surface area contributed by atoms with Crippen molar-refractivity contribution in [3.8, 4) is 11.5 Å². The SMILES string of the molecule is N/C(=N/O)c1cccc(NC(=O)c2cc(O)ccc2O)c1. The van der Waals surface area contributed by atoms with Gasteiger partial charge >= 0.3 is 0 Å². The standard InChI is InChI=1S/C14H13N3O4/c15-13(17-21)8-2-1-3-9(6-8)16-14(20)11-7-10(18)4-5-12(11)19/h1-7,18-19,21H,(H2,15,17)(H,16,20). The van der Waals surface area contributed by atoms with Gasteiger partial charge in [-0.05, 0) is 30.3 Å². The molecule has 0 bridgehead atoms. The Hall–Kier alpha value is -3.22. The van der Waals surface area contributed by atoms with Crippen molar-refractivity contribution in [2.24, 2.45) is 10.9 Å². The fraction of sp³-hybridized carbons (Fsp3) is 0. The predicted molar refractivity (Wildman–Crippen MR) is 76.7 cm³/mol. The summed E-state index contributed by atoms with van der Waals surface area (Å²) >= 11 is 0. The Morgan fingerprint density at radius 2 is 1.90 bits per heavy atom. The number of amidine groups is 1. The van der Waals surface area contributed by atoms with E-state index in [4.69, 9.17) is 10.9 Å². The van der Waals surface area contributed by atoms with Crippen molar-refractivity contribution in [2.45, 2.75) is 0 Å². The van der Waals surface area contributed by atoms with Gasteiger partial charge in [-0.1, -0.05) is 17.3 Å². The molecule has 0 atom stereocenters. The van der Waals surface area contributed by atoms with E-state index < -0.39 is 5.91 Å². The largest absolute Gasteiger partial charge is 0.508 e. The third kappa shape index (κ3) is 3.21. The first-order valence-electron chi connectivity index (χ1n) is 5.92. The van der Waals surface area contributed by atoms with Gasteiger partial charge in [-0.15, -0.1) is 0 Å². The molecular weight excluding hydrogens is 274 g/mol. The van der Waals surface area contributed by atoms with E-state index in [-0.39, 0.29) is 22.9 Å². The minimum atomic E-state index is -0.597. The molecule has 2 rings (SSSR count). The molecule has 0 aliphatic carbocycles. The Kier molecular flexibility index (Phi) is 3.94. The van der Waals surface area contributed by atoms with Crippen molar-refractivity contribution < 1.29 is 20.2 Å². The Bertz CT molecular complexity index is 713. The van der Waals surface area contributed by atoms with E-state index in [0.717, 1.165) is 6.07 Å². The van der Waals surface area contributed by atoms with E-state index in [1.54, 1.807) is 18.2 Å². The number of hydrogen-bond acceptors (Lipinski definition) is 5. The first-order valence-corrected chi connectivity index (χ1v) is 5.92. The van der Waals surface area contributed by atoms with E-state index >= 15 is 0 Å². The van der Waals surface area contributed by atoms with Gasteiger partial charge in [0.15, 0.2) is 5.84 Å². The highest BCUT2D eigenvalue weighted by atomic mass is 16.4. The van der Waals surface area contributed by atoms with Crippen LogP contribution in [0.4, 0.5) is 5.69 Å². The smallest absolute Gasteiger partial charge is 0.259 e. The van der Waals surface area contributed by atoms with E-state index in [1.807, 2.05) is 0 Å². The number of hydrogen-bond donors (Lipinski definition) is 5. The van der Waals surface area contributed by atoms with Crippen molar-refractivity contribution in [3.05, 3.63) is 53.6 Å². The van der Waals surface area contributed by atoms with Gasteiger partial charge in [-0.25, -0.2) is 0 Å². The molecule has 0 aliphatic rings. The normalized spacial score (nSPS) is 11.1. The number of benzene rings is 2. The van der Waals surface area contributed by atoms with Crippen LogP contribution in [0.2, 0.25) is 0 Å². The van der Waals surface area contributed by atoms with E-state index in [9.17, 15) is 15.0 Å². The van der Waals surface area contributed by atoms with E-state index in [0.29, 0.717) is 11.3 Å². The van der Waals surface area contributed by atoms with Gasteiger partial charge < -0.3 is 26.5 Å². The highest BCUT2D eigenvalue weighted by Crippen LogP contribution is 2.23. The summed E-state index contributed by atoms with van der Waals surface area (Å²) in [4.78, 5) is 12.0. The Labute approximate surface area is 120 Å². The van der Waals surface area contributed by atoms with Crippen molar-refractivity contribution in [1.82, 2.24) is 0 Å². The van der Waals surface area contributed by atoms with Crippen LogP contribution in [0.25, 0.3) is 0 Å². The highest BCUT2D eigenvalue weighted by molar-refractivity contribution is 6.07. The van der Waals surface area contributed by atoms with Crippen LogP contribution in [0.15, 0.2) is 47.6 Å². The van der Waals surface area contributed by atoms with Gasteiger partial charge in [0.25, 0.3) is 5.91 Å². The lowest BCUT2D eigenvalue weighted by molar-refractivity contribution is 0.102. The molecule has 6 N–H and O–H groups in total. The molecular formula is C14H13N3O4. The monoisotopic (exact) mass is 287 g/mol. The maximum atomic E-state index is 12.0. The number of aromatic hydroxyl groups is 2. The lowest BCUT2D eigenvalue weighted by Crippen LogP contribution is -2.15. The quantitative estimate of drug-likeness (QED) is 0.192. The molecule has 0 aliphatic heterocycles. The van der Waals surface area contributed by atoms with Gasteiger partial charge in [0.05, 0.1) is 5.56 Å². The second-order valence-electron chi connectivity index (χ2n) is 4.22. The van der Waals surface area contributed by atoms with Crippen molar-refractivity contribution in [2.75, 3.05) is 5.32 Å². The molecule has 108 valence electrons. The summed E-state index contributed by atoms with van der Waals surface area (Å²) in [5.74, 6) is -1.08. The van der Waals surface area contributed by atoms with Crippen molar-refractivity contribution in [3.63, 3.8) is 0 Å². The minimum absolute atomic E-state index is 0.0656.